The number of hydrogen-bond donors (Lipinski definition) is 2. The number of carboxylic acid groups (broad SMARTS) is 1. The average Bonchev–Trinajstić information content (AvgIpc) is 2.20. The lowest BCUT2D eigenvalue weighted by atomic mass is 10.2. The Balaban J connectivity index is 2.76. The lowest BCUT2D eigenvalue weighted by Gasteiger charge is -2.03. The zero-order valence-corrected chi connectivity index (χ0v) is 8.76. The second kappa shape index (κ2) is 5.72. The SMILES string of the molecule is O=C(O)c1ccc(F)c(SCCCO)c1. The molecule has 0 aliphatic heterocycles. The van der Waals surface area contributed by atoms with Crippen LogP contribution in [0.3, 0.4) is 0 Å². The molecule has 0 radical (unpaired) electrons. The number of carboxylic acids is 1. The van der Waals surface area contributed by atoms with E-state index < -0.39 is 11.8 Å². The van der Waals surface area contributed by atoms with Gasteiger partial charge in [0.25, 0.3) is 0 Å². The molecule has 0 aliphatic carbocycles. The van der Waals surface area contributed by atoms with Crippen LogP contribution in [0.15, 0.2) is 23.1 Å². The van der Waals surface area contributed by atoms with Crippen LogP contribution in [-0.4, -0.2) is 28.5 Å². The van der Waals surface area contributed by atoms with Crippen molar-refractivity contribution in [2.24, 2.45) is 0 Å². The zero-order valence-electron chi connectivity index (χ0n) is 7.94. The summed E-state index contributed by atoms with van der Waals surface area (Å²) in [6, 6.07) is 3.68. The number of aromatic carboxylic acids is 1. The number of thioether (sulfide) groups is 1. The average molecular weight is 230 g/mol. The van der Waals surface area contributed by atoms with Crippen molar-refractivity contribution in [3.63, 3.8) is 0 Å². The summed E-state index contributed by atoms with van der Waals surface area (Å²) in [5.74, 6) is -0.932. The Bertz CT molecular complexity index is 355. The van der Waals surface area contributed by atoms with Crippen LogP contribution in [0, 0.1) is 5.82 Å². The highest BCUT2D eigenvalue weighted by molar-refractivity contribution is 7.99. The fourth-order valence-electron chi connectivity index (χ4n) is 0.994. The maximum absolute atomic E-state index is 13.2. The fraction of sp³-hybridized carbons (Fsp3) is 0.300. The molecule has 0 aromatic heterocycles. The van der Waals surface area contributed by atoms with Crippen LogP contribution < -0.4 is 0 Å². The number of rotatable bonds is 5. The normalized spacial score (nSPS) is 10.3. The minimum absolute atomic E-state index is 0.0488. The summed E-state index contributed by atoms with van der Waals surface area (Å²) in [6.07, 6.45) is 0.557. The number of aliphatic hydroxyl groups excluding tert-OH is 1. The Kier molecular flexibility index (Phi) is 4.58. The molecule has 0 amide bonds. The van der Waals surface area contributed by atoms with Crippen LogP contribution in [0.4, 0.5) is 4.39 Å². The highest BCUT2D eigenvalue weighted by Crippen LogP contribution is 2.23. The number of hydrogen-bond acceptors (Lipinski definition) is 3. The van der Waals surface area contributed by atoms with Gasteiger partial charge in [-0.2, -0.15) is 0 Å². The van der Waals surface area contributed by atoms with Crippen LogP contribution >= 0.6 is 11.8 Å². The van der Waals surface area contributed by atoms with E-state index in [0.29, 0.717) is 17.1 Å². The zero-order chi connectivity index (χ0) is 11.3. The monoisotopic (exact) mass is 230 g/mol. The van der Waals surface area contributed by atoms with E-state index in [9.17, 15) is 9.18 Å². The van der Waals surface area contributed by atoms with E-state index >= 15 is 0 Å². The van der Waals surface area contributed by atoms with Gasteiger partial charge >= 0.3 is 5.97 Å². The smallest absolute Gasteiger partial charge is 0.335 e. The first-order chi connectivity index (χ1) is 7.15. The molecule has 0 bridgehead atoms. The second-order valence-corrected chi connectivity index (χ2v) is 4.01. The highest BCUT2D eigenvalue weighted by Gasteiger charge is 2.08. The van der Waals surface area contributed by atoms with Crippen molar-refractivity contribution in [1.29, 1.82) is 0 Å². The van der Waals surface area contributed by atoms with E-state index in [2.05, 4.69) is 0 Å². The van der Waals surface area contributed by atoms with Crippen molar-refractivity contribution in [2.75, 3.05) is 12.4 Å². The van der Waals surface area contributed by atoms with Crippen molar-refractivity contribution in [3.8, 4) is 0 Å². The molecule has 1 rings (SSSR count). The van der Waals surface area contributed by atoms with Crippen LogP contribution in [-0.2, 0) is 0 Å². The topological polar surface area (TPSA) is 57.5 Å². The summed E-state index contributed by atoms with van der Waals surface area (Å²) >= 11 is 1.20. The molecule has 2 N–H and O–H groups in total. The van der Waals surface area contributed by atoms with Gasteiger partial charge in [-0.1, -0.05) is 0 Å². The third kappa shape index (κ3) is 3.53. The molecule has 0 spiro atoms. The number of aliphatic hydroxyl groups is 1. The first kappa shape index (κ1) is 12.0. The molecule has 3 nitrogen and oxygen atoms in total. The molecule has 0 fully saturated rings. The largest absolute Gasteiger partial charge is 0.478 e. The van der Waals surface area contributed by atoms with Gasteiger partial charge in [0, 0.05) is 17.3 Å². The first-order valence-corrected chi connectivity index (χ1v) is 5.40. The van der Waals surface area contributed by atoms with E-state index in [4.69, 9.17) is 10.2 Å². The predicted octanol–water partition coefficient (Wildman–Crippen LogP) is 2.00. The highest BCUT2D eigenvalue weighted by atomic mass is 32.2. The first-order valence-electron chi connectivity index (χ1n) is 4.41. The molecule has 15 heavy (non-hydrogen) atoms. The van der Waals surface area contributed by atoms with Gasteiger partial charge in [-0.25, -0.2) is 9.18 Å². The molecular formula is C10H11FO3S. The molecule has 1 aromatic carbocycles. The van der Waals surface area contributed by atoms with Gasteiger partial charge in [0.1, 0.15) is 5.82 Å². The Morgan fingerprint density at radius 1 is 1.47 bits per heavy atom. The number of carbonyl (C=O) groups is 1. The van der Waals surface area contributed by atoms with E-state index in [0.717, 1.165) is 6.07 Å². The maximum Gasteiger partial charge on any atom is 0.335 e. The molecular weight excluding hydrogens is 219 g/mol. The van der Waals surface area contributed by atoms with Crippen molar-refractivity contribution in [1.82, 2.24) is 0 Å². The standard InChI is InChI=1S/C10H11FO3S/c11-8-3-2-7(10(13)14)6-9(8)15-5-1-4-12/h2-3,6,12H,1,4-5H2,(H,13,14). The van der Waals surface area contributed by atoms with Crippen molar-refractivity contribution >= 4 is 17.7 Å². The molecule has 0 heterocycles. The van der Waals surface area contributed by atoms with Gasteiger partial charge in [-0.15, -0.1) is 11.8 Å². The van der Waals surface area contributed by atoms with Crippen LogP contribution in [0.5, 0.6) is 0 Å². The molecule has 1 aromatic rings. The third-order valence-corrected chi connectivity index (χ3v) is 2.85. The van der Waals surface area contributed by atoms with Crippen LogP contribution in [0.1, 0.15) is 16.8 Å². The Labute approximate surface area is 90.9 Å². The Morgan fingerprint density at radius 3 is 2.80 bits per heavy atom. The second-order valence-electron chi connectivity index (χ2n) is 2.88. The van der Waals surface area contributed by atoms with Crippen molar-refractivity contribution in [3.05, 3.63) is 29.6 Å². The van der Waals surface area contributed by atoms with Gasteiger partial charge < -0.3 is 10.2 Å². The van der Waals surface area contributed by atoms with Gasteiger partial charge in [-0.05, 0) is 24.6 Å². The van der Waals surface area contributed by atoms with Crippen molar-refractivity contribution in [2.45, 2.75) is 11.3 Å². The molecule has 0 saturated carbocycles. The summed E-state index contributed by atoms with van der Waals surface area (Å²) in [4.78, 5) is 10.9. The van der Waals surface area contributed by atoms with Gasteiger partial charge in [0.15, 0.2) is 0 Å². The summed E-state index contributed by atoms with van der Waals surface area (Å²) in [5, 5.41) is 17.3. The van der Waals surface area contributed by atoms with Crippen molar-refractivity contribution < 1.29 is 19.4 Å². The van der Waals surface area contributed by atoms with Gasteiger partial charge in [0.05, 0.1) is 5.56 Å². The van der Waals surface area contributed by atoms with Crippen LogP contribution in [0.2, 0.25) is 0 Å². The van der Waals surface area contributed by atoms with Gasteiger partial charge in [-0.3, -0.25) is 0 Å². The Morgan fingerprint density at radius 2 is 2.20 bits per heavy atom. The molecule has 0 unspecified atom stereocenters. The number of benzene rings is 1. The predicted molar refractivity (Wildman–Crippen MR) is 55.8 cm³/mol. The summed E-state index contributed by atoms with van der Waals surface area (Å²) in [7, 11) is 0. The van der Waals surface area contributed by atoms with E-state index in [-0.39, 0.29) is 12.2 Å². The third-order valence-electron chi connectivity index (χ3n) is 1.74. The number of halogens is 1. The minimum atomic E-state index is -1.07. The van der Waals surface area contributed by atoms with E-state index in [1.165, 1.54) is 23.9 Å². The summed E-state index contributed by atoms with van der Waals surface area (Å²) in [6.45, 7) is 0.0488. The van der Waals surface area contributed by atoms with E-state index in [1.54, 1.807) is 0 Å². The summed E-state index contributed by atoms with van der Waals surface area (Å²) in [5.41, 5.74) is 0.0721. The minimum Gasteiger partial charge on any atom is -0.478 e. The summed E-state index contributed by atoms with van der Waals surface area (Å²) < 4.78 is 13.2. The lowest BCUT2D eigenvalue weighted by Crippen LogP contribution is -1.97. The van der Waals surface area contributed by atoms with Gasteiger partial charge in [0.2, 0.25) is 0 Å². The molecule has 0 saturated heterocycles. The molecule has 0 aliphatic rings. The quantitative estimate of drug-likeness (QED) is 0.600. The van der Waals surface area contributed by atoms with E-state index in [1.807, 2.05) is 0 Å². The molecule has 5 heteroatoms. The molecule has 82 valence electrons. The Hall–Kier alpha value is -1.07. The lowest BCUT2D eigenvalue weighted by molar-refractivity contribution is 0.0696. The fourth-order valence-corrected chi connectivity index (χ4v) is 1.90. The van der Waals surface area contributed by atoms with Crippen LogP contribution in [0.25, 0.3) is 0 Å². The maximum atomic E-state index is 13.2. The molecule has 0 atom stereocenters.